The molecule has 4 heteroatoms. The van der Waals surface area contributed by atoms with Gasteiger partial charge >= 0.3 is 0 Å². The van der Waals surface area contributed by atoms with Crippen LogP contribution in [-0.4, -0.2) is 19.7 Å². The Kier molecular flexibility index (Phi) is 3.28. The summed E-state index contributed by atoms with van der Waals surface area (Å²) in [5.41, 5.74) is 1.01. The molecular formula is C11H13F2NO. The van der Waals surface area contributed by atoms with Crippen molar-refractivity contribution in [1.82, 2.24) is 5.32 Å². The van der Waals surface area contributed by atoms with Gasteiger partial charge in [0.15, 0.2) is 0 Å². The van der Waals surface area contributed by atoms with Crippen LogP contribution in [0.2, 0.25) is 0 Å². The molecule has 1 aliphatic heterocycles. The molecule has 1 unspecified atom stereocenters. The van der Waals surface area contributed by atoms with Crippen LogP contribution in [0.4, 0.5) is 8.78 Å². The molecule has 0 bridgehead atoms. The molecule has 0 saturated carbocycles. The van der Waals surface area contributed by atoms with E-state index < -0.39 is 6.43 Å². The van der Waals surface area contributed by atoms with Gasteiger partial charge in [0.25, 0.3) is 6.43 Å². The summed E-state index contributed by atoms with van der Waals surface area (Å²) in [6.45, 7) is 2.26. The molecule has 0 aliphatic carbocycles. The SMILES string of the molecule is FC(F)c1ccc(C2CNCCO2)cc1. The molecule has 1 aliphatic rings. The van der Waals surface area contributed by atoms with Crippen LogP contribution in [-0.2, 0) is 4.74 Å². The number of alkyl halides is 2. The van der Waals surface area contributed by atoms with Crippen molar-refractivity contribution in [1.29, 1.82) is 0 Å². The van der Waals surface area contributed by atoms with Gasteiger partial charge in [-0.1, -0.05) is 24.3 Å². The van der Waals surface area contributed by atoms with Crippen LogP contribution in [0.25, 0.3) is 0 Å². The largest absolute Gasteiger partial charge is 0.371 e. The molecule has 2 rings (SSSR count). The first-order chi connectivity index (χ1) is 7.27. The second kappa shape index (κ2) is 4.68. The minimum Gasteiger partial charge on any atom is -0.371 e. The summed E-state index contributed by atoms with van der Waals surface area (Å²) < 4.78 is 30.1. The molecule has 1 saturated heterocycles. The van der Waals surface area contributed by atoms with Crippen molar-refractivity contribution >= 4 is 0 Å². The zero-order valence-corrected chi connectivity index (χ0v) is 8.25. The van der Waals surface area contributed by atoms with Gasteiger partial charge in [-0.3, -0.25) is 0 Å². The molecule has 15 heavy (non-hydrogen) atoms. The molecule has 1 atom stereocenters. The van der Waals surface area contributed by atoms with Gasteiger partial charge in [-0.25, -0.2) is 8.78 Å². The zero-order chi connectivity index (χ0) is 10.7. The Bertz CT molecular complexity index is 307. The Labute approximate surface area is 87.2 Å². The normalized spacial score (nSPS) is 21.9. The second-order valence-electron chi connectivity index (χ2n) is 3.53. The Hall–Kier alpha value is -1.00. The molecule has 1 fully saturated rings. The lowest BCUT2D eigenvalue weighted by molar-refractivity contribution is 0.0276. The van der Waals surface area contributed by atoms with E-state index in [0.29, 0.717) is 6.61 Å². The van der Waals surface area contributed by atoms with Crippen LogP contribution >= 0.6 is 0 Å². The number of halogens is 2. The average Bonchev–Trinajstić information content (AvgIpc) is 2.30. The lowest BCUT2D eigenvalue weighted by Crippen LogP contribution is -2.33. The standard InChI is InChI=1S/C11H13F2NO/c12-11(13)9-3-1-8(2-4-9)10-7-14-5-6-15-10/h1-4,10-11,14H,5-7H2. The van der Waals surface area contributed by atoms with Gasteiger partial charge < -0.3 is 10.1 Å². The Morgan fingerprint density at radius 1 is 1.27 bits per heavy atom. The van der Waals surface area contributed by atoms with Crippen LogP contribution in [0.15, 0.2) is 24.3 Å². The molecule has 1 aromatic rings. The van der Waals surface area contributed by atoms with Crippen LogP contribution < -0.4 is 5.32 Å². The summed E-state index contributed by atoms with van der Waals surface area (Å²) in [4.78, 5) is 0. The third-order valence-electron chi connectivity index (χ3n) is 2.49. The summed E-state index contributed by atoms with van der Waals surface area (Å²) in [5, 5.41) is 3.20. The molecule has 0 aromatic heterocycles. The number of hydrogen-bond donors (Lipinski definition) is 1. The quantitative estimate of drug-likeness (QED) is 0.813. The first kappa shape index (κ1) is 10.5. The van der Waals surface area contributed by atoms with Crippen molar-refractivity contribution in [3.63, 3.8) is 0 Å². The van der Waals surface area contributed by atoms with E-state index in [1.54, 1.807) is 12.1 Å². The number of nitrogens with one attached hydrogen (secondary N) is 1. The van der Waals surface area contributed by atoms with Gasteiger partial charge in [0.1, 0.15) is 0 Å². The van der Waals surface area contributed by atoms with E-state index in [1.807, 2.05) is 0 Å². The number of benzene rings is 1. The summed E-state index contributed by atoms with van der Waals surface area (Å²) in [6, 6.07) is 6.33. The molecule has 0 amide bonds. The van der Waals surface area contributed by atoms with E-state index in [0.717, 1.165) is 18.7 Å². The Morgan fingerprint density at radius 2 is 2.00 bits per heavy atom. The minimum absolute atomic E-state index is 0.00882. The van der Waals surface area contributed by atoms with Crippen molar-refractivity contribution in [3.8, 4) is 0 Å². The fourth-order valence-electron chi connectivity index (χ4n) is 1.64. The van der Waals surface area contributed by atoms with Gasteiger partial charge in [-0.2, -0.15) is 0 Å². The maximum Gasteiger partial charge on any atom is 0.263 e. The van der Waals surface area contributed by atoms with Crippen LogP contribution in [0, 0.1) is 0 Å². The summed E-state index contributed by atoms with van der Waals surface area (Å²) >= 11 is 0. The number of ether oxygens (including phenoxy) is 1. The van der Waals surface area contributed by atoms with E-state index in [-0.39, 0.29) is 11.7 Å². The maximum absolute atomic E-state index is 12.3. The van der Waals surface area contributed by atoms with E-state index in [1.165, 1.54) is 12.1 Å². The van der Waals surface area contributed by atoms with Crippen molar-refractivity contribution in [2.45, 2.75) is 12.5 Å². The highest BCUT2D eigenvalue weighted by Crippen LogP contribution is 2.23. The van der Waals surface area contributed by atoms with Crippen LogP contribution in [0.3, 0.4) is 0 Å². The van der Waals surface area contributed by atoms with E-state index >= 15 is 0 Å². The van der Waals surface area contributed by atoms with Crippen molar-refractivity contribution < 1.29 is 13.5 Å². The van der Waals surface area contributed by atoms with Crippen molar-refractivity contribution in [2.75, 3.05) is 19.7 Å². The highest BCUT2D eigenvalue weighted by atomic mass is 19.3. The fraction of sp³-hybridized carbons (Fsp3) is 0.455. The summed E-state index contributed by atoms with van der Waals surface area (Å²) in [6.07, 6.45) is -2.41. The minimum atomic E-state index is -2.40. The van der Waals surface area contributed by atoms with Crippen molar-refractivity contribution in [2.24, 2.45) is 0 Å². The molecule has 1 aromatic carbocycles. The first-order valence-electron chi connectivity index (χ1n) is 4.97. The third-order valence-corrected chi connectivity index (χ3v) is 2.49. The van der Waals surface area contributed by atoms with Crippen molar-refractivity contribution in [3.05, 3.63) is 35.4 Å². The van der Waals surface area contributed by atoms with E-state index in [9.17, 15) is 8.78 Å². The highest BCUT2D eigenvalue weighted by Gasteiger charge is 2.16. The molecule has 2 nitrogen and oxygen atoms in total. The summed E-state index contributed by atoms with van der Waals surface area (Å²) in [5.74, 6) is 0. The molecule has 82 valence electrons. The average molecular weight is 213 g/mol. The second-order valence-corrected chi connectivity index (χ2v) is 3.53. The van der Waals surface area contributed by atoms with Gasteiger partial charge in [0, 0.05) is 18.7 Å². The molecule has 0 spiro atoms. The van der Waals surface area contributed by atoms with Crippen LogP contribution in [0.1, 0.15) is 23.7 Å². The monoisotopic (exact) mass is 213 g/mol. The molecule has 1 heterocycles. The van der Waals surface area contributed by atoms with Gasteiger partial charge in [0.2, 0.25) is 0 Å². The fourth-order valence-corrected chi connectivity index (χ4v) is 1.64. The molecular weight excluding hydrogens is 200 g/mol. The van der Waals surface area contributed by atoms with E-state index in [2.05, 4.69) is 5.32 Å². The number of hydrogen-bond acceptors (Lipinski definition) is 2. The Morgan fingerprint density at radius 3 is 2.53 bits per heavy atom. The third kappa shape index (κ3) is 2.52. The zero-order valence-electron chi connectivity index (χ0n) is 8.25. The topological polar surface area (TPSA) is 21.3 Å². The lowest BCUT2D eigenvalue weighted by atomic mass is 10.1. The number of morpholine rings is 1. The summed E-state index contributed by atoms with van der Waals surface area (Å²) in [7, 11) is 0. The van der Waals surface area contributed by atoms with Gasteiger partial charge in [-0.15, -0.1) is 0 Å². The Balaban J connectivity index is 2.08. The van der Waals surface area contributed by atoms with Gasteiger partial charge in [-0.05, 0) is 5.56 Å². The van der Waals surface area contributed by atoms with Crippen LogP contribution in [0.5, 0.6) is 0 Å². The highest BCUT2D eigenvalue weighted by molar-refractivity contribution is 5.25. The predicted molar refractivity (Wildman–Crippen MR) is 53.0 cm³/mol. The van der Waals surface area contributed by atoms with Gasteiger partial charge in [0.05, 0.1) is 12.7 Å². The maximum atomic E-state index is 12.3. The number of rotatable bonds is 2. The molecule has 0 radical (unpaired) electrons. The molecule has 1 N–H and O–H groups in total. The smallest absolute Gasteiger partial charge is 0.263 e. The first-order valence-corrected chi connectivity index (χ1v) is 4.97. The lowest BCUT2D eigenvalue weighted by Gasteiger charge is -2.24. The predicted octanol–water partition coefficient (Wildman–Crippen LogP) is 2.29. The van der Waals surface area contributed by atoms with E-state index in [4.69, 9.17) is 4.74 Å².